The van der Waals surface area contributed by atoms with Gasteiger partial charge in [-0.3, -0.25) is 39.2 Å². The van der Waals surface area contributed by atoms with Crippen molar-refractivity contribution in [3.63, 3.8) is 0 Å². The largest absolute Gasteiger partial charge is 0.471 e. The molecule has 278 valence electrons. The van der Waals surface area contributed by atoms with Crippen molar-refractivity contribution < 1.29 is 32.3 Å². The van der Waals surface area contributed by atoms with Gasteiger partial charge in [0, 0.05) is 36.2 Å². The summed E-state index contributed by atoms with van der Waals surface area (Å²) >= 11 is 0. The topological polar surface area (TPSA) is 179 Å². The van der Waals surface area contributed by atoms with E-state index in [9.17, 15) is 37.1 Å². The van der Waals surface area contributed by atoms with Crippen LogP contribution in [0.2, 0.25) is 0 Å². The molecule has 0 aliphatic rings. The number of amides is 4. The van der Waals surface area contributed by atoms with E-state index in [1.54, 1.807) is 13.8 Å². The third-order valence-corrected chi connectivity index (χ3v) is 8.02. The fourth-order valence-electron chi connectivity index (χ4n) is 5.59. The van der Waals surface area contributed by atoms with Gasteiger partial charge in [-0.15, -0.1) is 0 Å². The standard InChI is InChI=1S/C35H47F3N8O5/c1-20(2)27(47)41-19-34(7,8)18-33(5,6)14-9-15-39-29(49)22-10-12-24(13-11-22)46(31(51)35(36,37)38)17-23-16-40-26-25(42-23)30(50)45-32(43-26)44-28(48)21(3)4/h10-13,16,20-21H,9,14-15,17-19H2,1-8H3,(H,39,49)(H,41,47)(H2,40,43,44,45,48,50). The van der Waals surface area contributed by atoms with E-state index in [0.29, 0.717) is 24.4 Å². The third kappa shape index (κ3) is 11.9. The van der Waals surface area contributed by atoms with Gasteiger partial charge in [-0.2, -0.15) is 18.2 Å². The summed E-state index contributed by atoms with van der Waals surface area (Å²) in [6.07, 6.45) is -1.84. The number of fused-ring (bicyclic) bond motifs is 1. The van der Waals surface area contributed by atoms with Crippen molar-refractivity contribution in [2.45, 2.75) is 87.4 Å². The summed E-state index contributed by atoms with van der Waals surface area (Å²) in [6, 6.07) is 5.06. The van der Waals surface area contributed by atoms with Crippen LogP contribution in [0.5, 0.6) is 0 Å². The second kappa shape index (κ2) is 16.4. The van der Waals surface area contributed by atoms with Crippen LogP contribution >= 0.6 is 0 Å². The Morgan fingerprint density at radius 3 is 2.10 bits per heavy atom. The van der Waals surface area contributed by atoms with Gasteiger partial charge >= 0.3 is 12.1 Å². The number of nitrogens with one attached hydrogen (secondary N) is 4. The molecule has 0 saturated carbocycles. The molecule has 0 bridgehead atoms. The van der Waals surface area contributed by atoms with Crippen LogP contribution < -0.4 is 26.4 Å². The highest BCUT2D eigenvalue weighted by Crippen LogP contribution is 2.36. The molecule has 0 atom stereocenters. The Kier molecular flexibility index (Phi) is 13.1. The molecule has 0 unspecified atom stereocenters. The molecule has 3 aromatic rings. The molecule has 4 N–H and O–H groups in total. The second-order valence-corrected chi connectivity index (χ2v) is 14.8. The first-order chi connectivity index (χ1) is 23.6. The van der Waals surface area contributed by atoms with E-state index in [0.717, 1.165) is 19.0 Å². The highest BCUT2D eigenvalue weighted by atomic mass is 19.4. The molecular formula is C35H47F3N8O5. The van der Waals surface area contributed by atoms with Gasteiger partial charge in [0.15, 0.2) is 11.2 Å². The van der Waals surface area contributed by atoms with E-state index in [1.165, 1.54) is 24.3 Å². The highest BCUT2D eigenvalue weighted by molar-refractivity contribution is 5.98. The van der Waals surface area contributed by atoms with Crippen molar-refractivity contribution in [1.29, 1.82) is 0 Å². The number of anilines is 2. The summed E-state index contributed by atoms with van der Waals surface area (Å²) in [5, 5.41) is 8.25. The number of hydrogen-bond acceptors (Lipinski definition) is 8. The lowest BCUT2D eigenvalue weighted by Gasteiger charge is -2.35. The number of carbonyl (C=O) groups excluding carboxylic acids is 4. The molecule has 13 nitrogen and oxygen atoms in total. The maximum atomic E-state index is 13.7. The van der Waals surface area contributed by atoms with Crippen LogP contribution in [0.25, 0.3) is 11.2 Å². The van der Waals surface area contributed by atoms with Crippen LogP contribution in [-0.2, 0) is 20.9 Å². The molecule has 0 radical (unpaired) electrons. The lowest BCUT2D eigenvalue weighted by Crippen LogP contribution is -2.41. The van der Waals surface area contributed by atoms with Gasteiger partial charge in [0.05, 0.1) is 18.4 Å². The van der Waals surface area contributed by atoms with Crippen LogP contribution in [0.3, 0.4) is 0 Å². The molecule has 3 rings (SSSR count). The van der Waals surface area contributed by atoms with E-state index in [-0.39, 0.29) is 56.7 Å². The van der Waals surface area contributed by atoms with Crippen LogP contribution in [0, 0.1) is 22.7 Å². The fourth-order valence-corrected chi connectivity index (χ4v) is 5.59. The molecule has 4 amide bonds. The van der Waals surface area contributed by atoms with Crippen LogP contribution in [0.1, 0.15) is 90.7 Å². The summed E-state index contributed by atoms with van der Waals surface area (Å²) in [5.74, 6) is -3.67. The molecule has 0 saturated heterocycles. The van der Waals surface area contributed by atoms with Crippen molar-refractivity contribution in [1.82, 2.24) is 30.6 Å². The molecule has 0 spiro atoms. The average Bonchev–Trinajstić information content (AvgIpc) is 3.03. The van der Waals surface area contributed by atoms with Crippen molar-refractivity contribution in [3.8, 4) is 0 Å². The summed E-state index contributed by atoms with van der Waals surface area (Å²) in [4.78, 5) is 76.9. The Bertz CT molecular complexity index is 1790. The number of aromatic nitrogens is 4. The number of alkyl halides is 3. The summed E-state index contributed by atoms with van der Waals surface area (Å²) in [5.41, 5.74) is -1.58. The van der Waals surface area contributed by atoms with Crippen molar-refractivity contribution in [3.05, 3.63) is 52.1 Å². The van der Waals surface area contributed by atoms with Gasteiger partial charge in [0.2, 0.25) is 17.8 Å². The maximum Gasteiger partial charge on any atom is 0.471 e. The lowest BCUT2D eigenvalue weighted by molar-refractivity contribution is -0.170. The predicted octanol–water partition coefficient (Wildman–Crippen LogP) is 5.13. The zero-order valence-electron chi connectivity index (χ0n) is 30.2. The molecule has 51 heavy (non-hydrogen) atoms. The third-order valence-electron chi connectivity index (χ3n) is 8.02. The summed E-state index contributed by atoms with van der Waals surface area (Å²) in [7, 11) is 0. The molecule has 1 aromatic carbocycles. The first kappa shape index (κ1) is 40.5. The van der Waals surface area contributed by atoms with E-state index in [2.05, 4.69) is 63.6 Å². The zero-order valence-corrected chi connectivity index (χ0v) is 30.2. The monoisotopic (exact) mass is 716 g/mol. The molecule has 0 aliphatic heterocycles. The molecule has 0 aliphatic carbocycles. The number of aromatic amines is 1. The van der Waals surface area contributed by atoms with Crippen molar-refractivity contribution in [2.24, 2.45) is 22.7 Å². The maximum absolute atomic E-state index is 13.7. The number of halogens is 3. The smallest absolute Gasteiger partial charge is 0.355 e. The Morgan fingerprint density at radius 2 is 1.51 bits per heavy atom. The number of benzene rings is 1. The Labute approximate surface area is 294 Å². The van der Waals surface area contributed by atoms with Gasteiger partial charge < -0.3 is 10.6 Å². The van der Waals surface area contributed by atoms with Gasteiger partial charge in [-0.05, 0) is 54.4 Å². The second-order valence-electron chi connectivity index (χ2n) is 14.8. The highest BCUT2D eigenvalue weighted by Gasteiger charge is 2.43. The van der Waals surface area contributed by atoms with Gasteiger partial charge in [-0.1, -0.05) is 55.4 Å². The normalized spacial score (nSPS) is 12.3. The van der Waals surface area contributed by atoms with Crippen LogP contribution in [0.4, 0.5) is 24.8 Å². The minimum absolute atomic E-state index is 0.0104. The van der Waals surface area contributed by atoms with Gasteiger partial charge in [0.1, 0.15) is 0 Å². The SMILES string of the molecule is CC(C)C(=O)NCC(C)(C)CC(C)(C)CCCNC(=O)c1ccc(N(Cc2cnc3nc(NC(=O)C(C)C)[nH]c(=O)c3n2)C(=O)C(F)(F)F)cc1. The number of H-pyrrole nitrogens is 1. The quantitative estimate of drug-likeness (QED) is 0.156. The van der Waals surface area contributed by atoms with E-state index < -0.39 is 41.9 Å². The average molecular weight is 717 g/mol. The minimum atomic E-state index is -5.24. The first-order valence-corrected chi connectivity index (χ1v) is 16.7. The Morgan fingerprint density at radius 1 is 0.882 bits per heavy atom. The number of hydrogen-bond donors (Lipinski definition) is 4. The Hall–Kier alpha value is -4.89. The molecule has 0 fully saturated rings. The summed E-state index contributed by atoms with van der Waals surface area (Å²) < 4.78 is 41.0. The van der Waals surface area contributed by atoms with Crippen LogP contribution in [0.15, 0.2) is 35.3 Å². The van der Waals surface area contributed by atoms with Crippen LogP contribution in [-0.4, -0.2) is 62.8 Å². The first-order valence-electron chi connectivity index (χ1n) is 16.7. The minimum Gasteiger partial charge on any atom is -0.355 e. The lowest BCUT2D eigenvalue weighted by atomic mass is 9.72. The molecular weight excluding hydrogens is 669 g/mol. The molecule has 2 aromatic heterocycles. The molecule has 16 heteroatoms. The number of rotatable bonds is 15. The predicted molar refractivity (Wildman–Crippen MR) is 187 cm³/mol. The van der Waals surface area contributed by atoms with Gasteiger partial charge in [0.25, 0.3) is 11.5 Å². The van der Waals surface area contributed by atoms with Crippen molar-refractivity contribution >= 4 is 46.4 Å². The fraction of sp³-hybridized carbons (Fsp3) is 0.543. The van der Waals surface area contributed by atoms with Gasteiger partial charge in [-0.25, -0.2) is 9.97 Å². The number of nitrogens with zero attached hydrogens (tertiary/aromatic N) is 4. The summed E-state index contributed by atoms with van der Waals surface area (Å²) in [6.45, 7) is 15.7. The zero-order chi connectivity index (χ0) is 38.3. The molecule has 2 heterocycles. The Balaban J connectivity index is 1.67. The van der Waals surface area contributed by atoms with Crippen molar-refractivity contribution in [2.75, 3.05) is 23.3 Å². The van der Waals surface area contributed by atoms with E-state index >= 15 is 0 Å². The van der Waals surface area contributed by atoms with E-state index in [4.69, 9.17) is 0 Å². The van der Waals surface area contributed by atoms with E-state index in [1.807, 2.05) is 13.8 Å². The number of carbonyl (C=O) groups is 4.